The van der Waals surface area contributed by atoms with Crippen LogP contribution in [-0.2, 0) is 4.79 Å². The molecule has 1 saturated carbocycles. The van der Waals surface area contributed by atoms with Gasteiger partial charge in [0.05, 0.1) is 23.2 Å². The molecule has 1 saturated heterocycles. The quantitative estimate of drug-likeness (QED) is 0.467. The van der Waals surface area contributed by atoms with E-state index < -0.39 is 29.5 Å². The normalized spacial score (nSPS) is 21.3. The van der Waals surface area contributed by atoms with E-state index in [1.807, 2.05) is 25.1 Å². The van der Waals surface area contributed by atoms with Crippen LogP contribution < -0.4 is 10.6 Å². The minimum atomic E-state index is -0.876. The van der Waals surface area contributed by atoms with Gasteiger partial charge in [-0.25, -0.2) is 8.78 Å². The molecule has 5 rings (SSSR count). The Morgan fingerprint density at radius 3 is 2.67 bits per heavy atom. The molecule has 0 spiro atoms. The number of halogens is 2. The van der Waals surface area contributed by atoms with Gasteiger partial charge in [-0.15, -0.1) is 0 Å². The van der Waals surface area contributed by atoms with E-state index in [9.17, 15) is 18.4 Å². The predicted molar refractivity (Wildman–Crippen MR) is 138 cm³/mol. The summed E-state index contributed by atoms with van der Waals surface area (Å²) in [5.74, 6) is -3.43. The zero-order chi connectivity index (χ0) is 27.4. The van der Waals surface area contributed by atoms with Gasteiger partial charge in [0.25, 0.3) is 17.6 Å². The Kier molecular flexibility index (Phi) is 8.25. The second kappa shape index (κ2) is 12.0. The molecule has 0 bridgehead atoms. The summed E-state index contributed by atoms with van der Waals surface area (Å²) >= 11 is 0. The lowest BCUT2D eigenvalue weighted by atomic mass is 9.86. The molecule has 3 aromatic rings. The summed E-state index contributed by atoms with van der Waals surface area (Å²) in [7, 11) is 0. The van der Waals surface area contributed by atoms with E-state index in [2.05, 4.69) is 30.7 Å². The number of amides is 2. The Balaban J connectivity index is 1.31. The van der Waals surface area contributed by atoms with Crippen LogP contribution in [0.2, 0.25) is 0 Å². The molecule has 11 heteroatoms. The lowest BCUT2D eigenvalue weighted by Gasteiger charge is -2.43. The van der Waals surface area contributed by atoms with Gasteiger partial charge in [-0.3, -0.25) is 19.5 Å². The highest BCUT2D eigenvalue weighted by atomic mass is 19.1. The third-order valence-corrected chi connectivity index (χ3v) is 7.67. The Morgan fingerprint density at radius 1 is 1.10 bits per heavy atom. The van der Waals surface area contributed by atoms with Crippen LogP contribution >= 0.6 is 0 Å². The maximum atomic E-state index is 14.2. The Hall–Kier alpha value is -3.73. The molecule has 206 valence electrons. The molecule has 39 heavy (non-hydrogen) atoms. The van der Waals surface area contributed by atoms with Crippen molar-refractivity contribution in [3.8, 4) is 11.5 Å². The fourth-order valence-corrected chi connectivity index (χ4v) is 5.54. The van der Waals surface area contributed by atoms with E-state index in [4.69, 9.17) is 4.52 Å². The third-order valence-electron chi connectivity index (χ3n) is 7.67. The first-order valence-corrected chi connectivity index (χ1v) is 13.4. The molecule has 1 aromatic carbocycles. The lowest BCUT2D eigenvalue weighted by molar-refractivity contribution is -0.128. The number of carbonyl (C=O) groups is 2. The van der Waals surface area contributed by atoms with Gasteiger partial charge in [-0.2, -0.15) is 4.98 Å². The fourth-order valence-electron chi connectivity index (χ4n) is 5.54. The summed E-state index contributed by atoms with van der Waals surface area (Å²) < 4.78 is 32.5. The number of pyridine rings is 1. The van der Waals surface area contributed by atoms with E-state index >= 15 is 0 Å². The van der Waals surface area contributed by atoms with Gasteiger partial charge in [0.2, 0.25) is 5.91 Å². The van der Waals surface area contributed by atoms with Crippen molar-refractivity contribution in [3.63, 3.8) is 0 Å². The average Bonchev–Trinajstić information content (AvgIpc) is 3.44. The minimum Gasteiger partial charge on any atom is -0.348 e. The molecule has 2 fully saturated rings. The topological polar surface area (TPSA) is 113 Å². The number of benzene rings is 1. The van der Waals surface area contributed by atoms with E-state index in [1.54, 1.807) is 6.20 Å². The molecule has 3 heterocycles. The number of rotatable bonds is 7. The number of likely N-dealkylation sites (tertiary alicyclic amines) is 1. The molecule has 9 nitrogen and oxygen atoms in total. The molecule has 3 atom stereocenters. The Bertz CT molecular complexity index is 1300. The van der Waals surface area contributed by atoms with Crippen molar-refractivity contribution >= 4 is 11.8 Å². The highest BCUT2D eigenvalue weighted by Gasteiger charge is 2.39. The molecule has 0 unspecified atom stereocenters. The molecule has 2 amide bonds. The summed E-state index contributed by atoms with van der Waals surface area (Å²) in [6.45, 7) is 3.16. The van der Waals surface area contributed by atoms with Crippen LogP contribution in [0.1, 0.15) is 67.8 Å². The van der Waals surface area contributed by atoms with Crippen molar-refractivity contribution in [1.29, 1.82) is 0 Å². The summed E-state index contributed by atoms with van der Waals surface area (Å²) in [4.78, 5) is 37.4. The van der Waals surface area contributed by atoms with Crippen LogP contribution in [0.15, 0.2) is 47.1 Å². The highest BCUT2D eigenvalue weighted by Crippen LogP contribution is 2.28. The van der Waals surface area contributed by atoms with E-state index in [1.165, 1.54) is 25.3 Å². The van der Waals surface area contributed by atoms with Gasteiger partial charge in [0, 0.05) is 37.4 Å². The zero-order valence-electron chi connectivity index (χ0n) is 21.8. The van der Waals surface area contributed by atoms with Crippen molar-refractivity contribution in [2.24, 2.45) is 5.92 Å². The number of piperidine rings is 1. The van der Waals surface area contributed by atoms with E-state index in [0.29, 0.717) is 25.1 Å². The molecular weight excluding hydrogens is 506 g/mol. The molecule has 2 aromatic heterocycles. The van der Waals surface area contributed by atoms with E-state index in [0.717, 1.165) is 31.1 Å². The maximum Gasteiger partial charge on any atom is 0.292 e. The van der Waals surface area contributed by atoms with Crippen LogP contribution in [0.25, 0.3) is 11.5 Å². The van der Waals surface area contributed by atoms with Crippen molar-refractivity contribution in [3.05, 3.63) is 65.7 Å². The van der Waals surface area contributed by atoms with Crippen molar-refractivity contribution in [2.75, 3.05) is 13.1 Å². The minimum absolute atomic E-state index is 0.107. The zero-order valence-corrected chi connectivity index (χ0v) is 21.8. The van der Waals surface area contributed by atoms with Crippen molar-refractivity contribution in [2.45, 2.75) is 63.6 Å². The number of aromatic nitrogens is 3. The SMILES string of the molecule is C[C@@H](NC(=O)[C@H]1CN(C2CCCCC2)CC[C@@H]1NC(=O)c1noc(-c2ccc(F)cc2F)n1)c1ccccn1. The van der Waals surface area contributed by atoms with Crippen LogP contribution in [0.5, 0.6) is 0 Å². The van der Waals surface area contributed by atoms with Gasteiger partial charge < -0.3 is 15.2 Å². The van der Waals surface area contributed by atoms with Crippen molar-refractivity contribution in [1.82, 2.24) is 30.7 Å². The Labute approximate surface area is 225 Å². The predicted octanol–water partition coefficient (Wildman–Crippen LogP) is 4.04. The first kappa shape index (κ1) is 26.9. The number of carbonyl (C=O) groups excluding carboxylic acids is 2. The van der Waals surface area contributed by atoms with Gasteiger partial charge in [-0.05, 0) is 50.5 Å². The maximum absolute atomic E-state index is 14.2. The van der Waals surface area contributed by atoms with Gasteiger partial charge in [0.1, 0.15) is 11.6 Å². The van der Waals surface area contributed by atoms with Crippen LogP contribution in [-0.4, -0.2) is 57.0 Å². The molecule has 2 aliphatic rings. The number of hydrogen-bond donors (Lipinski definition) is 2. The highest BCUT2D eigenvalue weighted by molar-refractivity contribution is 5.91. The second-order valence-electron chi connectivity index (χ2n) is 10.3. The number of nitrogens with zero attached hydrogens (tertiary/aromatic N) is 4. The van der Waals surface area contributed by atoms with Gasteiger partial charge in [-0.1, -0.05) is 30.5 Å². The fraction of sp³-hybridized carbons (Fsp3) is 0.464. The van der Waals surface area contributed by atoms with Crippen molar-refractivity contribution < 1.29 is 22.9 Å². The first-order chi connectivity index (χ1) is 18.9. The second-order valence-corrected chi connectivity index (χ2v) is 10.3. The molecule has 1 aliphatic carbocycles. The number of nitrogens with one attached hydrogen (secondary N) is 2. The van der Waals surface area contributed by atoms with Gasteiger partial charge >= 0.3 is 0 Å². The average molecular weight is 539 g/mol. The standard InChI is InChI=1S/C28H32F2N6O3/c1-17(23-9-5-6-13-31-23)32-26(37)21-16-36(19-7-3-2-4-8-19)14-12-24(21)33-27(38)25-34-28(39-35-25)20-11-10-18(29)15-22(20)30/h5-6,9-11,13,15,17,19,21,24H,2-4,7-8,12,14,16H2,1H3,(H,32,37)(H,33,38)/t17-,21+,24+/m1/s1. The molecular formula is C28H32F2N6O3. The Morgan fingerprint density at radius 2 is 1.92 bits per heavy atom. The largest absolute Gasteiger partial charge is 0.348 e. The van der Waals surface area contributed by atoms with E-state index in [-0.39, 0.29) is 29.2 Å². The third kappa shape index (κ3) is 6.30. The smallest absolute Gasteiger partial charge is 0.292 e. The summed E-state index contributed by atoms with van der Waals surface area (Å²) in [6, 6.07) is 8.16. The molecule has 2 N–H and O–H groups in total. The molecule has 1 aliphatic heterocycles. The summed E-state index contributed by atoms with van der Waals surface area (Å²) in [5, 5.41) is 9.67. The van der Waals surface area contributed by atoms with Crippen LogP contribution in [0.4, 0.5) is 8.78 Å². The number of hydrogen-bond acceptors (Lipinski definition) is 7. The lowest BCUT2D eigenvalue weighted by Crippen LogP contribution is -2.58. The summed E-state index contributed by atoms with van der Waals surface area (Å²) in [5.41, 5.74) is 0.642. The first-order valence-electron chi connectivity index (χ1n) is 13.4. The summed E-state index contributed by atoms with van der Waals surface area (Å²) in [6.07, 6.45) is 8.10. The van der Waals surface area contributed by atoms with Gasteiger partial charge in [0.15, 0.2) is 0 Å². The van der Waals surface area contributed by atoms with Crippen LogP contribution in [0, 0.1) is 17.6 Å². The monoisotopic (exact) mass is 538 g/mol. The van der Waals surface area contributed by atoms with Crippen LogP contribution in [0.3, 0.4) is 0 Å². The molecule has 0 radical (unpaired) electrons.